The van der Waals surface area contributed by atoms with Crippen LogP contribution in [0.1, 0.15) is 62.6 Å². The van der Waals surface area contributed by atoms with Gasteiger partial charge in [0.05, 0.1) is 0 Å². The van der Waals surface area contributed by atoms with Crippen LogP contribution in [-0.2, 0) is 11.2 Å². The molecule has 3 rings (SSSR count). The van der Waals surface area contributed by atoms with Crippen LogP contribution in [0.25, 0.3) is 0 Å². The van der Waals surface area contributed by atoms with Crippen LogP contribution in [0.2, 0.25) is 0 Å². The Kier molecular flexibility index (Phi) is 4.24. The van der Waals surface area contributed by atoms with Gasteiger partial charge in [0.15, 0.2) is 5.82 Å². The molecule has 2 aliphatic heterocycles. The number of aryl methyl sites for hydroxylation is 1. The average molecular weight is 293 g/mol. The van der Waals surface area contributed by atoms with E-state index in [2.05, 4.69) is 22.1 Å². The molecule has 2 saturated heterocycles. The van der Waals surface area contributed by atoms with Crippen molar-refractivity contribution in [3.63, 3.8) is 0 Å². The molecule has 2 atom stereocenters. The zero-order valence-electron chi connectivity index (χ0n) is 12.5. The summed E-state index contributed by atoms with van der Waals surface area (Å²) in [6, 6.07) is 1.34. The molecule has 0 aliphatic carbocycles. The van der Waals surface area contributed by atoms with E-state index in [1.54, 1.807) is 0 Å². The summed E-state index contributed by atoms with van der Waals surface area (Å²) in [4.78, 5) is 17.5. The zero-order chi connectivity index (χ0) is 14.8. The lowest BCUT2D eigenvalue weighted by Crippen LogP contribution is -2.39. The molecule has 1 aromatic heterocycles. The van der Waals surface area contributed by atoms with Gasteiger partial charge in [-0.1, -0.05) is 5.16 Å². The number of nitrogens with zero attached hydrogens (tertiary/aromatic N) is 3. The van der Waals surface area contributed by atoms with Crippen LogP contribution in [-0.4, -0.2) is 45.2 Å². The van der Waals surface area contributed by atoms with Gasteiger partial charge in [-0.05, 0) is 45.6 Å². The molecule has 0 radical (unpaired) electrons. The van der Waals surface area contributed by atoms with Crippen molar-refractivity contribution in [2.45, 2.75) is 69.4 Å². The topological polar surface area (TPSA) is 79.5 Å². The number of piperidine rings is 1. The lowest BCUT2D eigenvalue weighted by molar-refractivity contribution is -0.137. The standard InChI is InChI=1S/C15H23N3O3/c1-18-11-6-7-12(18)9-10(8-11)15-16-13(21-17-15)4-2-3-5-14(19)20/h10-12H,2-9H2,1H3,(H,19,20). The van der Waals surface area contributed by atoms with Gasteiger partial charge in [-0.15, -0.1) is 0 Å². The molecule has 2 bridgehead atoms. The number of rotatable bonds is 6. The van der Waals surface area contributed by atoms with Crippen molar-refractivity contribution in [1.82, 2.24) is 15.0 Å². The first kappa shape index (κ1) is 14.5. The first-order valence-corrected chi connectivity index (χ1v) is 7.89. The van der Waals surface area contributed by atoms with Crippen LogP contribution >= 0.6 is 0 Å². The van der Waals surface area contributed by atoms with Crippen molar-refractivity contribution in [1.29, 1.82) is 0 Å². The SMILES string of the molecule is CN1C2CCC1CC(c1noc(CCCCC(=O)O)n1)C2. The largest absolute Gasteiger partial charge is 0.481 e. The number of unbranched alkanes of at least 4 members (excludes halogenated alkanes) is 1. The Labute approximate surface area is 124 Å². The molecule has 6 heteroatoms. The minimum absolute atomic E-state index is 0.208. The van der Waals surface area contributed by atoms with E-state index in [9.17, 15) is 4.79 Å². The predicted molar refractivity (Wildman–Crippen MR) is 76.0 cm³/mol. The molecule has 116 valence electrons. The van der Waals surface area contributed by atoms with E-state index in [0.29, 0.717) is 36.7 Å². The molecule has 2 unspecified atom stereocenters. The number of fused-ring (bicyclic) bond motifs is 2. The van der Waals surface area contributed by atoms with Gasteiger partial charge in [0.2, 0.25) is 5.89 Å². The van der Waals surface area contributed by atoms with E-state index >= 15 is 0 Å². The highest BCUT2D eigenvalue weighted by atomic mass is 16.5. The first-order chi connectivity index (χ1) is 10.1. The van der Waals surface area contributed by atoms with Gasteiger partial charge in [-0.2, -0.15) is 4.98 Å². The number of hydrogen-bond donors (Lipinski definition) is 1. The first-order valence-electron chi connectivity index (χ1n) is 7.89. The van der Waals surface area contributed by atoms with Gasteiger partial charge in [-0.3, -0.25) is 4.79 Å². The summed E-state index contributed by atoms with van der Waals surface area (Å²) in [7, 11) is 2.22. The fraction of sp³-hybridized carbons (Fsp3) is 0.800. The highest BCUT2D eigenvalue weighted by molar-refractivity contribution is 5.66. The second kappa shape index (κ2) is 6.13. The van der Waals surface area contributed by atoms with E-state index < -0.39 is 5.97 Å². The number of carbonyl (C=O) groups is 1. The third kappa shape index (κ3) is 3.26. The summed E-state index contributed by atoms with van der Waals surface area (Å²) in [6.45, 7) is 0. The van der Waals surface area contributed by atoms with E-state index in [1.807, 2.05) is 0 Å². The molecular weight excluding hydrogens is 270 g/mol. The van der Waals surface area contributed by atoms with Crippen molar-refractivity contribution >= 4 is 5.97 Å². The maximum absolute atomic E-state index is 10.5. The Balaban J connectivity index is 1.52. The van der Waals surface area contributed by atoms with E-state index in [1.165, 1.54) is 12.8 Å². The van der Waals surface area contributed by atoms with Crippen molar-refractivity contribution in [3.8, 4) is 0 Å². The predicted octanol–water partition coefficient (Wildman–Crippen LogP) is 2.21. The van der Waals surface area contributed by atoms with Crippen LogP contribution in [0, 0.1) is 0 Å². The van der Waals surface area contributed by atoms with E-state index in [-0.39, 0.29) is 6.42 Å². The molecule has 6 nitrogen and oxygen atoms in total. The summed E-state index contributed by atoms with van der Waals surface area (Å²) in [5.41, 5.74) is 0. The van der Waals surface area contributed by atoms with Gasteiger partial charge in [0, 0.05) is 30.8 Å². The fourth-order valence-electron chi connectivity index (χ4n) is 3.71. The Hall–Kier alpha value is -1.43. The summed E-state index contributed by atoms with van der Waals surface area (Å²) in [6.07, 6.45) is 7.17. The molecule has 1 N–H and O–H groups in total. The Morgan fingerprint density at radius 2 is 2.05 bits per heavy atom. The number of aliphatic carboxylic acids is 1. The molecule has 1 aromatic rings. The highest BCUT2D eigenvalue weighted by Crippen LogP contribution is 2.41. The van der Waals surface area contributed by atoms with Gasteiger partial charge >= 0.3 is 5.97 Å². The third-order valence-corrected chi connectivity index (χ3v) is 4.98. The summed E-state index contributed by atoms with van der Waals surface area (Å²) >= 11 is 0. The number of carboxylic acid groups (broad SMARTS) is 1. The molecule has 0 saturated carbocycles. The van der Waals surface area contributed by atoms with Crippen molar-refractivity contribution in [2.24, 2.45) is 0 Å². The summed E-state index contributed by atoms with van der Waals surface area (Å²) in [5.74, 6) is 1.19. The number of aromatic nitrogens is 2. The van der Waals surface area contributed by atoms with Crippen molar-refractivity contribution < 1.29 is 14.4 Å². The highest BCUT2D eigenvalue weighted by Gasteiger charge is 2.40. The van der Waals surface area contributed by atoms with Crippen molar-refractivity contribution in [3.05, 3.63) is 11.7 Å². The molecule has 2 fully saturated rings. The maximum atomic E-state index is 10.5. The smallest absolute Gasteiger partial charge is 0.303 e. The van der Waals surface area contributed by atoms with Crippen LogP contribution in [0.4, 0.5) is 0 Å². The monoisotopic (exact) mass is 293 g/mol. The quantitative estimate of drug-likeness (QED) is 0.810. The van der Waals surface area contributed by atoms with Crippen LogP contribution < -0.4 is 0 Å². The molecule has 0 aromatic carbocycles. The van der Waals surface area contributed by atoms with Gasteiger partial charge in [0.1, 0.15) is 0 Å². The van der Waals surface area contributed by atoms with Gasteiger partial charge in [-0.25, -0.2) is 0 Å². The molecule has 0 spiro atoms. The normalized spacial score (nSPS) is 28.9. The molecule has 21 heavy (non-hydrogen) atoms. The minimum Gasteiger partial charge on any atom is -0.481 e. The summed E-state index contributed by atoms with van der Waals surface area (Å²) in [5, 5.41) is 12.8. The maximum Gasteiger partial charge on any atom is 0.303 e. The number of hydrogen-bond acceptors (Lipinski definition) is 5. The Morgan fingerprint density at radius 1 is 1.33 bits per heavy atom. The molecule has 2 aliphatic rings. The average Bonchev–Trinajstić information content (AvgIpc) is 2.97. The molecular formula is C15H23N3O3. The molecule has 0 amide bonds. The second-order valence-corrected chi connectivity index (χ2v) is 6.37. The van der Waals surface area contributed by atoms with Crippen LogP contribution in [0.15, 0.2) is 4.52 Å². The van der Waals surface area contributed by atoms with Crippen LogP contribution in [0.5, 0.6) is 0 Å². The second-order valence-electron chi connectivity index (χ2n) is 6.37. The fourth-order valence-corrected chi connectivity index (χ4v) is 3.71. The Morgan fingerprint density at radius 3 is 2.71 bits per heavy atom. The summed E-state index contributed by atoms with van der Waals surface area (Å²) < 4.78 is 5.32. The molecule has 3 heterocycles. The third-order valence-electron chi connectivity index (χ3n) is 4.98. The van der Waals surface area contributed by atoms with Crippen molar-refractivity contribution in [2.75, 3.05) is 7.05 Å². The van der Waals surface area contributed by atoms with Crippen LogP contribution in [0.3, 0.4) is 0 Å². The van der Waals surface area contributed by atoms with E-state index in [0.717, 1.165) is 25.1 Å². The zero-order valence-corrected chi connectivity index (χ0v) is 12.5. The lowest BCUT2D eigenvalue weighted by atomic mass is 9.90. The Bertz CT molecular complexity index is 488. The van der Waals surface area contributed by atoms with Gasteiger partial charge in [0.25, 0.3) is 0 Å². The lowest BCUT2D eigenvalue weighted by Gasteiger charge is -2.34. The minimum atomic E-state index is -0.747. The number of carboxylic acids is 1. The van der Waals surface area contributed by atoms with E-state index in [4.69, 9.17) is 9.63 Å². The van der Waals surface area contributed by atoms with Gasteiger partial charge < -0.3 is 14.5 Å².